The molecule has 1 saturated heterocycles. The van der Waals surface area contributed by atoms with Gasteiger partial charge in [-0.3, -0.25) is 9.30 Å². The Kier molecular flexibility index (Phi) is 7.02. The smallest absolute Gasteiger partial charge is 0.281 e. The summed E-state index contributed by atoms with van der Waals surface area (Å²) in [6.45, 7) is 1.62. The van der Waals surface area contributed by atoms with Gasteiger partial charge < -0.3 is 14.5 Å². The van der Waals surface area contributed by atoms with Crippen molar-refractivity contribution in [3.05, 3.63) is 48.3 Å². The molecule has 0 bridgehead atoms. The predicted molar refractivity (Wildman–Crippen MR) is 144 cm³/mol. The van der Waals surface area contributed by atoms with E-state index in [1.807, 2.05) is 35.7 Å². The average molecular weight is 533 g/mol. The summed E-state index contributed by atoms with van der Waals surface area (Å²) in [5.74, 6) is 2.91. The highest BCUT2D eigenvalue weighted by Gasteiger charge is 2.39. The van der Waals surface area contributed by atoms with Gasteiger partial charge in [0.15, 0.2) is 5.03 Å². The van der Waals surface area contributed by atoms with Crippen LogP contribution in [0.4, 0.5) is 5.69 Å². The highest BCUT2D eigenvalue weighted by Crippen LogP contribution is 2.45. The van der Waals surface area contributed by atoms with Crippen molar-refractivity contribution < 1.29 is 17.9 Å². The Hall–Kier alpha value is -2.21. The molecule has 0 radical (unpaired) electrons. The molecule has 35 heavy (non-hydrogen) atoms. The first-order valence-electron chi connectivity index (χ1n) is 11.4. The lowest BCUT2D eigenvalue weighted by Gasteiger charge is -2.30. The number of sulfonamides is 1. The second-order valence-corrected chi connectivity index (χ2v) is 13.2. The minimum Gasteiger partial charge on any atom is -0.491 e. The van der Waals surface area contributed by atoms with Crippen molar-refractivity contribution in [1.82, 2.24) is 9.97 Å². The maximum Gasteiger partial charge on any atom is 0.281 e. The van der Waals surface area contributed by atoms with Gasteiger partial charge in [-0.05, 0) is 48.6 Å². The molecule has 2 aliphatic rings. The van der Waals surface area contributed by atoms with Crippen molar-refractivity contribution in [1.29, 1.82) is 0 Å². The summed E-state index contributed by atoms with van der Waals surface area (Å²) in [6.07, 6.45) is 3.79. The van der Waals surface area contributed by atoms with Gasteiger partial charge in [-0.2, -0.15) is 20.2 Å². The van der Waals surface area contributed by atoms with Gasteiger partial charge in [-0.1, -0.05) is 17.8 Å². The third-order valence-corrected chi connectivity index (χ3v) is 10.5. The first-order chi connectivity index (χ1) is 16.9. The van der Waals surface area contributed by atoms with E-state index in [9.17, 15) is 8.42 Å². The number of aliphatic imine (C=N–C) groups is 1. The van der Waals surface area contributed by atoms with Gasteiger partial charge in [0.1, 0.15) is 17.4 Å². The number of aromatic amines is 1. The van der Waals surface area contributed by atoms with Crippen molar-refractivity contribution in [3.8, 4) is 5.75 Å². The van der Waals surface area contributed by atoms with Crippen LogP contribution in [-0.2, 0) is 14.8 Å². The van der Waals surface area contributed by atoms with E-state index in [-0.39, 0.29) is 9.77 Å². The van der Waals surface area contributed by atoms with Crippen molar-refractivity contribution in [2.24, 2.45) is 4.99 Å². The minimum absolute atomic E-state index is 0.0130. The molecule has 5 rings (SSSR count). The number of aromatic nitrogens is 2. The van der Waals surface area contributed by atoms with Crippen LogP contribution >= 0.6 is 23.5 Å². The maximum atomic E-state index is 13.4. The summed E-state index contributed by atoms with van der Waals surface area (Å²) in [6, 6.07) is 10.5. The van der Waals surface area contributed by atoms with E-state index < -0.39 is 10.0 Å². The van der Waals surface area contributed by atoms with E-state index in [0.29, 0.717) is 30.2 Å². The fourth-order valence-corrected chi connectivity index (χ4v) is 8.24. The Labute approximate surface area is 213 Å². The zero-order valence-corrected chi connectivity index (χ0v) is 22.1. The van der Waals surface area contributed by atoms with E-state index in [1.54, 1.807) is 25.3 Å². The fourth-order valence-electron chi connectivity index (χ4n) is 4.29. The largest absolute Gasteiger partial charge is 0.491 e. The number of nitrogens with zero attached hydrogens (tertiary/aromatic N) is 3. The van der Waals surface area contributed by atoms with E-state index >= 15 is 0 Å². The summed E-state index contributed by atoms with van der Waals surface area (Å²) in [4.78, 5) is 12.4. The molecule has 0 saturated carbocycles. The van der Waals surface area contributed by atoms with Crippen LogP contribution in [0, 0.1) is 0 Å². The molecule has 1 aromatic carbocycles. The summed E-state index contributed by atoms with van der Waals surface area (Å²) in [5, 5.41) is 1.83. The second kappa shape index (κ2) is 10.0. The molecular weight excluding hydrogens is 504 g/mol. The molecule has 4 heterocycles. The van der Waals surface area contributed by atoms with Crippen LogP contribution in [0.15, 0.2) is 52.6 Å². The van der Waals surface area contributed by atoms with Crippen molar-refractivity contribution >= 4 is 55.2 Å². The number of methoxy groups -OCH3 is 1. The quantitative estimate of drug-likeness (QED) is 0.435. The molecule has 2 aromatic heterocycles. The summed E-state index contributed by atoms with van der Waals surface area (Å²) in [7, 11) is -0.724. The first-order valence-corrected chi connectivity index (χ1v) is 14.8. The van der Waals surface area contributed by atoms with Crippen LogP contribution in [0.2, 0.25) is 0 Å². The number of hydrogen-bond acceptors (Lipinski definition) is 8. The summed E-state index contributed by atoms with van der Waals surface area (Å²) < 4.78 is 39.2. The Morgan fingerprint density at radius 1 is 1.17 bits per heavy atom. The highest BCUT2D eigenvalue weighted by molar-refractivity contribution is 8.16. The third-order valence-electron chi connectivity index (χ3n) is 6.30. The number of pyridine rings is 1. The molecule has 0 aliphatic carbocycles. The van der Waals surface area contributed by atoms with E-state index in [4.69, 9.17) is 14.5 Å². The third kappa shape index (κ3) is 4.91. The number of anilines is 1. The number of thioether (sulfide) groups is 2. The molecule has 186 valence electrons. The van der Waals surface area contributed by atoms with Gasteiger partial charge >= 0.3 is 0 Å². The number of H-pyrrole nitrogens is 1. The lowest BCUT2D eigenvalue weighted by molar-refractivity contribution is 0.146. The Morgan fingerprint density at radius 2 is 2.00 bits per heavy atom. The zero-order valence-electron chi connectivity index (χ0n) is 19.7. The minimum atomic E-state index is -3.87. The SMILES string of the molecule is COCCOc1cc(N(C)S(=O)(=O)c2ccccn2)c2[nH]c(C3=NCC4(CCSCC4)S3)cc2c1. The summed E-state index contributed by atoms with van der Waals surface area (Å²) >= 11 is 3.87. The number of rotatable bonds is 8. The predicted octanol–water partition coefficient (Wildman–Crippen LogP) is 4.17. The Bertz CT molecular complexity index is 1340. The van der Waals surface area contributed by atoms with Gasteiger partial charge in [0.2, 0.25) is 0 Å². The van der Waals surface area contributed by atoms with E-state index in [1.165, 1.54) is 35.1 Å². The normalized spacial score (nSPS) is 17.6. The maximum absolute atomic E-state index is 13.4. The molecule has 1 spiro atoms. The number of fused-ring (bicyclic) bond motifs is 1. The molecule has 0 amide bonds. The van der Waals surface area contributed by atoms with Crippen LogP contribution in [0.5, 0.6) is 5.75 Å². The number of benzene rings is 1. The number of nitrogens with one attached hydrogen (secondary N) is 1. The highest BCUT2D eigenvalue weighted by atomic mass is 32.2. The Morgan fingerprint density at radius 3 is 2.74 bits per heavy atom. The van der Waals surface area contributed by atoms with Crippen molar-refractivity contribution in [2.45, 2.75) is 22.6 Å². The van der Waals surface area contributed by atoms with Crippen LogP contribution in [0.25, 0.3) is 10.9 Å². The second-order valence-electron chi connectivity index (χ2n) is 8.59. The number of hydrogen-bond donors (Lipinski definition) is 1. The van der Waals surface area contributed by atoms with Crippen LogP contribution in [-0.4, -0.2) is 73.6 Å². The molecule has 11 heteroatoms. The van der Waals surface area contributed by atoms with Gasteiger partial charge in [0.05, 0.1) is 30.0 Å². The molecule has 2 aliphatic heterocycles. The first kappa shape index (κ1) is 24.5. The van der Waals surface area contributed by atoms with Crippen LogP contribution in [0.1, 0.15) is 18.5 Å². The topological polar surface area (TPSA) is 96.9 Å². The summed E-state index contributed by atoms with van der Waals surface area (Å²) in [5.41, 5.74) is 2.10. The van der Waals surface area contributed by atoms with Gasteiger partial charge in [0.25, 0.3) is 10.0 Å². The molecule has 3 aromatic rings. The Balaban J connectivity index is 1.53. The van der Waals surface area contributed by atoms with Crippen LogP contribution in [0.3, 0.4) is 0 Å². The van der Waals surface area contributed by atoms with Gasteiger partial charge in [-0.25, -0.2) is 4.98 Å². The molecular formula is C24H28N4O4S3. The lowest BCUT2D eigenvalue weighted by Crippen LogP contribution is -2.31. The standard InChI is InChI=1S/C24H28N4O4S3/c1-28(35(29,30)21-5-3-4-8-25-21)20-15-18(32-10-9-31-2)13-17-14-19(27-22(17)20)23-26-16-24(34-23)6-11-33-12-7-24/h3-5,8,13-15,27H,6-7,9-12,16H2,1-2H3. The average Bonchev–Trinajstić information content (AvgIpc) is 3.49. The number of ether oxygens (including phenoxy) is 2. The van der Waals surface area contributed by atoms with Crippen molar-refractivity contribution in [3.63, 3.8) is 0 Å². The fraction of sp³-hybridized carbons (Fsp3) is 0.417. The van der Waals surface area contributed by atoms with Crippen LogP contribution < -0.4 is 9.04 Å². The molecule has 1 N–H and O–H groups in total. The monoisotopic (exact) mass is 532 g/mol. The van der Waals surface area contributed by atoms with E-state index in [2.05, 4.69) is 9.97 Å². The molecule has 0 unspecified atom stereocenters. The lowest BCUT2D eigenvalue weighted by atomic mass is 10.0. The zero-order chi connectivity index (χ0) is 24.5. The van der Waals surface area contributed by atoms with Gasteiger partial charge in [-0.15, -0.1) is 0 Å². The molecule has 1 fully saturated rings. The van der Waals surface area contributed by atoms with Crippen molar-refractivity contribution in [2.75, 3.05) is 49.7 Å². The van der Waals surface area contributed by atoms with E-state index in [0.717, 1.165) is 35.5 Å². The molecule has 0 atom stereocenters. The van der Waals surface area contributed by atoms with Gasteiger partial charge in [0, 0.05) is 36.6 Å². The molecule has 8 nitrogen and oxygen atoms in total.